The van der Waals surface area contributed by atoms with E-state index in [4.69, 9.17) is 0 Å². The molecule has 1 aliphatic heterocycles. The van der Waals surface area contributed by atoms with E-state index < -0.39 is 0 Å². The van der Waals surface area contributed by atoms with Gasteiger partial charge in [-0.2, -0.15) is 0 Å². The van der Waals surface area contributed by atoms with Gasteiger partial charge < -0.3 is 5.32 Å². The summed E-state index contributed by atoms with van der Waals surface area (Å²) in [6, 6.07) is 8.97. The first-order chi connectivity index (χ1) is 11.2. The van der Waals surface area contributed by atoms with Crippen molar-refractivity contribution in [1.82, 2.24) is 4.98 Å². The van der Waals surface area contributed by atoms with Crippen molar-refractivity contribution in [2.75, 3.05) is 11.1 Å². The van der Waals surface area contributed by atoms with Gasteiger partial charge in [0, 0.05) is 17.6 Å². The zero-order valence-electron chi connectivity index (χ0n) is 11.8. The largest absolute Gasteiger partial charge is 0.322 e. The molecule has 3 rings (SSSR count). The van der Waals surface area contributed by atoms with Crippen LogP contribution in [0, 0.1) is 5.82 Å². The summed E-state index contributed by atoms with van der Waals surface area (Å²) in [6.45, 7) is 0. The van der Waals surface area contributed by atoms with Gasteiger partial charge in [-0.05, 0) is 46.8 Å². The van der Waals surface area contributed by atoms with Gasteiger partial charge >= 0.3 is 0 Å². The molecule has 0 saturated heterocycles. The molecule has 1 aromatic carbocycles. The number of aromatic nitrogens is 1. The van der Waals surface area contributed by atoms with Crippen LogP contribution >= 0.6 is 11.8 Å². The molecular weight excluding hydrogens is 319 g/mol. The number of hydrogen-bond acceptors (Lipinski definition) is 7. The second-order valence-electron chi connectivity index (χ2n) is 4.55. The lowest BCUT2D eigenvalue weighted by Gasteiger charge is -2.06. The summed E-state index contributed by atoms with van der Waals surface area (Å²) >= 11 is 1.45. The van der Waals surface area contributed by atoms with Crippen molar-refractivity contribution in [3.05, 3.63) is 54.0 Å². The Morgan fingerprint density at radius 3 is 2.52 bits per heavy atom. The Hall–Kier alpha value is -2.68. The van der Waals surface area contributed by atoms with Crippen molar-refractivity contribution >= 4 is 23.4 Å². The molecule has 0 fully saturated rings. The summed E-state index contributed by atoms with van der Waals surface area (Å²) in [6.07, 6.45) is 1.21. The Bertz CT molecular complexity index is 735. The van der Waals surface area contributed by atoms with Crippen LogP contribution in [0.25, 0.3) is 0 Å². The maximum absolute atomic E-state index is 12.8. The van der Waals surface area contributed by atoms with Gasteiger partial charge in [-0.3, -0.25) is 4.79 Å². The monoisotopic (exact) mass is 330 g/mol. The van der Waals surface area contributed by atoms with Gasteiger partial charge in [0.2, 0.25) is 0 Å². The third-order valence-electron chi connectivity index (χ3n) is 2.89. The minimum atomic E-state index is -0.354. The lowest BCUT2D eigenvalue weighted by atomic mass is 10.2. The third-order valence-corrected chi connectivity index (χ3v) is 3.89. The number of thioether (sulfide) groups is 1. The minimum Gasteiger partial charge on any atom is -0.322 e. The average molecular weight is 330 g/mol. The number of benzene rings is 1. The molecule has 7 nitrogen and oxygen atoms in total. The summed E-state index contributed by atoms with van der Waals surface area (Å²) in [5.41, 5.74) is 0.936. The standard InChI is InChI=1S/C14H11FN6OS/c15-10-2-4-11(5-3-10)17-14(22)9-1-6-13(16-7-9)23-8-12-18-20-21-19-12/h1-7,12H,8H2,(H,17,22). The van der Waals surface area contributed by atoms with Crippen molar-refractivity contribution in [2.45, 2.75) is 11.2 Å². The summed E-state index contributed by atoms with van der Waals surface area (Å²) in [5, 5.41) is 17.9. The molecule has 1 aliphatic rings. The quantitative estimate of drug-likeness (QED) is 0.847. The van der Waals surface area contributed by atoms with Crippen LogP contribution in [0.3, 0.4) is 0 Å². The van der Waals surface area contributed by atoms with Crippen LogP contribution in [0.15, 0.2) is 68.3 Å². The molecule has 23 heavy (non-hydrogen) atoms. The van der Waals surface area contributed by atoms with E-state index in [0.29, 0.717) is 17.0 Å². The highest BCUT2D eigenvalue weighted by molar-refractivity contribution is 7.99. The second-order valence-corrected chi connectivity index (χ2v) is 5.59. The van der Waals surface area contributed by atoms with E-state index in [0.717, 1.165) is 5.03 Å². The van der Waals surface area contributed by atoms with Crippen molar-refractivity contribution in [1.29, 1.82) is 0 Å². The number of carbonyl (C=O) groups excluding carboxylic acids is 1. The number of anilines is 1. The molecule has 0 saturated carbocycles. The molecule has 0 unspecified atom stereocenters. The van der Waals surface area contributed by atoms with E-state index in [1.807, 2.05) is 0 Å². The predicted octanol–water partition coefficient (Wildman–Crippen LogP) is 3.72. The highest BCUT2D eigenvalue weighted by Crippen LogP contribution is 2.20. The fraction of sp³-hybridized carbons (Fsp3) is 0.143. The molecule has 1 amide bonds. The molecular formula is C14H11FN6OS. The average Bonchev–Trinajstić information content (AvgIpc) is 3.09. The Balaban J connectivity index is 1.57. The third kappa shape index (κ3) is 4.16. The maximum Gasteiger partial charge on any atom is 0.257 e. The molecule has 1 N–H and O–H groups in total. The molecule has 0 aliphatic carbocycles. The smallest absolute Gasteiger partial charge is 0.257 e. The van der Waals surface area contributed by atoms with E-state index in [2.05, 4.69) is 31.0 Å². The van der Waals surface area contributed by atoms with Gasteiger partial charge in [0.25, 0.3) is 5.91 Å². The Morgan fingerprint density at radius 1 is 1.13 bits per heavy atom. The molecule has 1 aromatic heterocycles. The summed E-state index contributed by atoms with van der Waals surface area (Å²) < 4.78 is 12.8. The highest BCUT2D eigenvalue weighted by atomic mass is 32.2. The van der Waals surface area contributed by atoms with Gasteiger partial charge in [-0.25, -0.2) is 9.37 Å². The van der Waals surface area contributed by atoms with Crippen molar-refractivity contribution in [3.8, 4) is 0 Å². The normalized spacial score (nSPS) is 13.4. The molecule has 0 bridgehead atoms. The topological polar surface area (TPSA) is 91.4 Å². The van der Waals surface area contributed by atoms with Gasteiger partial charge in [0.15, 0.2) is 6.17 Å². The fourth-order valence-corrected chi connectivity index (χ4v) is 2.50. The lowest BCUT2D eigenvalue weighted by Crippen LogP contribution is -2.12. The number of rotatable bonds is 5. The van der Waals surface area contributed by atoms with E-state index >= 15 is 0 Å². The van der Waals surface area contributed by atoms with Crippen LogP contribution < -0.4 is 5.32 Å². The Labute approximate surface area is 135 Å². The number of nitrogens with zero attached hydrogens (tertiary/aromatic N) is 5. The summed E-state index contributed by atoms with van der Waals surface area (Å²) in [4.78, 5) is 16.3. The van der Waals surface area contributed by atoms with Crippen LogP contribution in [0.2, 0.25) is 0 Å². The highest BCUT2D eigenvalue weighted by Gasteiger charge is 2.11. The van der Waals surface area contributed by atoms with Gasteiger partial charge in [-0.15, -0.1) is 22.0 Å². The van der Waals surface area contributed by atoms with Gasteiger partial charge in [0.1, 0.15) is 5.82 Å². The number of halogens is 1. The number of carbonyl (C=O) groups is 1. The second kappa shape index (κ2) is 7.05. The molecule has 0 radical (unpaired) electrons. The summed E-state index contributed by atoms with van der Waals surface area (Å²) in [5.74, 6) is -0.0763. The van der Waals surface area contributed by atoms with Gasteiger partial charge in [0.05, 0.1) is 10.6 Å². The van der Waals surface area contributed by atoms with Crippen LogP contribution in [0.4, 0.5) is 10.1 Å². The fourth-order valence-electron chi connectivity index (χ4n) is 1.75. The van der Waals surface area contributed by atoms with Crippen molar-refractivity contribution in [2.24, 2.45) is 20.7 Å². The molecule has 2 heterocycles. The predicted molar refractivity (Wildman–Crippen MR) is 82.8 cm³/mol. The molecule has 0 atom stereocenters. The van der Waals surface area contributed by atoms with Crippen LogP contribution in [-0.2, 0) is 0 Å². The number of hydrogen-bond donors (Lipinski definition) is 1. The molecule has 9 heteroatoms. The number of nitrogens with one attached hydrogen (secondary N) is 1. The number of amides is 1. The minimum absolute atomic E-state index is 0.275. The first-order valence-electron chi connectivity index (χ1n) is 6.66. The maximum atomic E-state index is 12.8. The lowest BCUT2D eigenvalue weighted by molar-refractivity contribution is 0.102. The number of pyridine rings is 1. The van der Waals surface area contributed by atoms with E-state index in [-0.39, 0.29) is 17.9 Å². The SMILES string of the molecule is O=C(Nc1ccc(F)cc1)c1ccc(SCC2N=NN=N2)nc1. The molecule has 116 valence electrons. The van der Waals surface area contributed by atoms with Gasteiger partial charge in [-0.1, -0.05) is 0 Å². The van der Waals surface area contributed by atoms with Crippen LogP contribution in [-0.4, -0.2) is 22.8 Å². The first-order valence-corrected chi connectivity index (χ1v) is 7.65. The summed E-state index contributed by atoms with van der Waals surface area (Å²) in [7, 11) is 0. The zero-order chi connectivity index (χ0) is 16.1. The Kier molecular flexibility index (Phi) is 4.67. The van der Waals surface area contributed by atoms with Crippen LogP contribution in [0.1, 0.15) is 10.4 Å². The van der Waals surface area contributed by atoms with Crippen molar-refractivity contribution in [3.63, 3.8) is 0 Å². The van der Waals surface area contributed by atoms with E-state index in [9.17, 15) is 9.18 Å². The van der Waals surface area contributed by atoms with Crippen LogP contribution in [0.5, 0.6) is 0 Å². The molecule has 0 spiro atoms. The zero-order valence-corrected chi connectivity index (χ0v) is 12.6. The van der Waals surface area contributed by atoms with E-state index in [1.165, 1.54) is 42.2 Å². The van der Waals surface area contributed by atoms with Crippen molar-refractivity contribution < 1.29 is 9.18 Å². The van der Waals surface area contributed by atoms with E-state index in [1.54, 1.807) is 12.1 Å². The first kappa shape index (κ1) is 15.2. The Morgan fingerprint density at radius 2 is 1.87 bits per heavy atom. The molecule has 2 aromatic rings.